The molecule has 0 aliphatic rings. The van der Waals surface area contributed by atoms with Gasteiger partial charge in [-0.3, -0.25) is 4.57 Å². The molecule has 0 saturated heterocycles. The summed E-state index contributed by atoms with van der Waals surface area (Å²) in [5.41, 5.74) is 8.24. The van der Waals surface area contributed by atoms with Gasteiger partial charge < -0.3 is 4.42 Å². The first-order valence-corrected chi connectivity index (χ1v) is 15.2. The summed E-state index contributed by atoms with van der Waals surface area (Å²) >= 11 is 0. The first-order chi connectivity index (χ1) is 22.8. The van der Waals surface area contributed by atoms with Crippen LogP contribution in [0.4, 0.5) is 0 Å². The molecule has 0 unspecified atom stereocenters. The smallest absolute Gasteiger partial charge is 0.238 e. The van der Waals surface area contributed by atoms with Crippen LogP contribution in [-0.4, -0.2) is 24.5 Å². The molecule has 0 spiro atoms. The van der Waals surface area contributed by atoms with Crippen LogP contribution in [0.2, 0.25) is 0 Å². The Balaban J connectivity index is 1.28. The van der Waals surface area contributed by atoms with Crippen LogP contribution in [0.3, 0.4) is 0 Å². The van der Waals surface area contributed by atoms with Gasteiger partial charge in [-0.1, -0.05) is 115 Å². The summed E-state index contributed by atoms with van der Waals surface area (Å²) in [7, 11) is 0. The third-order valence-electron chi connectivity index (χ3n) is 8.33. The maximum Gasteiger partial charge on any atom is 0.238 e. The fourth-order valence-corrected chi connectivity index (χ4v) is 6.12. The first-order valence-electron chi connectivity index (χ1n) is 15.2. The Morgan fingerprint density at radius 3 is 1.67 bits per heavy atom. The lowest BCUT2D eigenvalue weighted by atomic mass is 10.0. The summed E-state index contributed by atoms with van der Waals surface area (Å²) in [5, 5.41) is 2.28. The molecule has 0 bridgehead atoms. The van der Waals surface area contributed by atoms with Gasteiger partial charge in [-0.05, 0) is 47.5 Å². The zero-order valence-corrected chi connectivity index (χ0v) is 24.6. The van der Waals surface area contributed by atoms with Gasteiger partial charge >= 0.3 is 0 Å². The zero-order chi connectivity index (χ0) is 30.5. The van der Waals surface area contributed by atoms with Gasteiger partial charge in [0.05, 0.1) is 16.6 Å². The van der Waals surface area contributed by atoms with Gasteiger partial charge in [0.25, 0.3) is 0 Å². The predicted molar refractivity (Wildman–Crippen MR) is 183 cm³/mol. The monoisotopic (exact) mass is 591 g/mol. The van der Waals surface area contributed by atoms with E-state index in [0.717, 1.165) is 55.1 Å². The van der Waals surface area contributed by atoms with Crippen LogP contribution >= 0.6 is 0 Å². The topological polar surface area (TPSA) is 69.6 Å². The molecule has 0 atom stereocenters. The molecule has 3 heterocycles. The van der Waals surface area contributed by atoms with Gasteiger partial charge in [0, 0.05) is 21.9 Å². The molecule has 6 aromatic carbocycles. The standard InChI is InChI=1S/C40H25N5O/c1-3-12-26(13-4-1)27-22-24-28(25-23-27)37-42-38(32-18-11-19-33-36(32)46-39(41-33)29-14-5-2-6-15-29)44-40(43-37)45-34-20-9-7-16-30(34)31-17-8-10-21-35(31)45/h1-25H. The van der Waals surface area contributed by atoms with Crippen LogP contribution in [0.25, 0.3) is 84.2 Å². The molecule has 46 heavy (non-hydrogen) atoms. The van der Waals surface area contributed by atoms with Crippen molar-refractivity contribution >= 4 is 32.9 Å². The minimum Gasteiger partial charge on any atom is -0.435 e. The van der Waals surface area contributed by atoms with Crippen LogP contribution in [0.1, 0.15) is 0 Å². The number of aromatic nitrogens is 5. The number of para-hydroxylation sites is 3. The van der Waals surface area contributed by atoms with Crippen LogP contribution in [0.5, 0.6) is 0 Å². The molecule has 6 heteroatoms. The van der Waals surface area contributed by atoms with Gasteiger partial charge in [-0.15, -0.1) is 0 Å². The van der Waals surface area contributed by atoms with E-state index in [9.17, 15) is 0 Å². The normalized spacial score (nSPS) is 11.5. The molecule has 6 nitrogen and oxygen atoms in total. The van der Waals surface area contributed by atoms with Gasteiger partial charge in [0.1, 0.15) is 5.52 Å². The van der Waals surface area contributed by atoms with E-state index in [4.69, 9.17) is 24.4 Å². The van der Waals surface area contributed by atoms with E-state index in [1.54, 1.807) is 0 Å². The van der Waals surface area contributed by atoms with Gasteiger partial charge in [-0.2, -0.15) is 9.97 Å². The molecule has 3 aromatic heterocycles. The minimum atomic E-state index is 0.510. The summed E-state index contributed by atoms with van der Waals surface area (Å²) in [6.07, 6.45) is 0. The zero-order valence-electron chi connectivity index (χ0n) is 24.6. The van der Waals surface area contributed by atoms with E-state index >= 15 is 0 Å². The fraction of sp³-hybridized carbons (Fsp3) is 0. The van der Waals surface area contributed by atoms with Gasteiger partial charge in [0.2, 0.25) is 11.8 Å². The highest BCUT2D eigenvalue weighted by molar-refractivity contribution is 6.09. The van der Waals surface area contributed by atoms with Crippen molar-refractivity contribution in [1.82, 2.24) is 24.5 Å². The molecule has 9 rings (SSSR count). The molecular weight excluding hydrogens is 566 g/mol. The number of benzene rings is 6. The minimum absolute atomic E-state index is 0.510. The number of oxazole rings is 1. The van der Waals surface area contributed by atoms with Crippen molar-refractivity contribution in [3.8, 4) is 51.3 Å². The SMILES string of the molecule is c1ccc(-c2ccc(-c3nc(-c4cccc5nc(-c6ccccc6)oc45)nc(-n4c5ccccc5c5ccccc54)n3)cc2)cc1. The summed E-state index contributed by atoms with van der Waals surface area (Å²) in [6, 6.07) is 51.2. The van der Waals surface area contributed by atoms with Crippen LogP contribution in [-0.2, 0) is 0 Å². The first kappa shape index (κ1) is 26.0. The van der Waals surface area contributed by atoms with Crippen LogP contribution < -0.4 is 0 Å². The molecular formula is C40H25N5O. The second-order valence-electron chi connectivity index (χ2n) is 11.1. The van der Waals surface area contributed by atoms with Gasteiger partial charge in [-0.25, -0.2) is 9.97 Å². The number of fused-ring (bicyclic) bond motifs is 4. The molecule has 0 aliphatic carbocycles. The molecule has 0 fully saturated rings. The molecule has 0 aliphatic heterocycles. The highest BCUT2D eigenvalue weighted by Crippen LogP contribution is 2.35. The quantitative estimate of drug-likeness (QED) is 0.199. The highest BCUT2D eigenvalue weighted by atomic mass is 16.3. The maximum absolute atomic E-state index is 6.40. The fourth-order valence-electron chi connectivity index (χ4n) is 6.12. The Bertz CT molecular complexity index is 2460. The molecule has 216 valence electrons. The number of rotatable bonds is 5. The summed E-state index contributed by atoms with van der Waals surface area (Å²) < 4.78 is 8.52. The van der Waals surface area contributed by atoms with E-state index < -0.39 is 0 Å². The molecule has 0 radical (unpaired) electrons. The Morgan fingerprint density at radius 1 is 0.413 bits per heavy atom. The highest BCUT2D eigenvalue weighted by Gasteiger charge is 2.20. The van der Waals surface area contributed by atoms with Crippen molar-refractivity contribution in [2.45, 2.75) is 0 Å². The van der Waals surface area contributed by atoms with Crippen molar-refractivity contribution in [1.29, 1.82) is 0 Å². The van der Waals surface area contributed by atoms with Crippen LogP contribution in [0, 0.1) is 0 Å². The lowest BCUT2D eigenvalue weighted by Gasteiger charge is -2.11. The van der Waals surface area contributed by atoms with Gasteiger partial charge in [0.15, 0.2) is 17.2 Å². The van der Waals surface area contributed by atoms with E-state index in [1.165, 1.54) is 0 Å². The van der Waals surface area contributed by atoms with Crippen molar-refractivity contribution < 1.29 is 4.42 Å². The average Bonchev–Trinajstić information content (AvgIpc) is 3.72. The average molecular weight is 592 g/mol. The van der Waals surface area contributed by atoms with Crippen LogP contribution in [0.15, 0.2) is 156 Å². The Labute approximate surface area is 264 Å². The second-order valence-corrected chi connectivity index (χ2v) is 11.1. The lowest BCUT2D eigenvalue weighted by molar-refractivity contribution is 0.620. The molecule has 0 amide bonds. The van der Waals surface area contributed by atoms with E-state index in [-0.39, 0.29) is 0 Å². The summed E-state index contributed by atoms with van der Waals surface area (Å²) in [4.78, 5) is 20.1. The van der Waals surface area contributed by atoms with E-state index in [2.05, 4.69) is 77.4 Å². The molecule has 9 aromatic rings. The second kappa shape index (κ2) is 10.6. The largest absolute Gasteiger partial charge is 0.435 e. The third-order valence-corrected chi connectivity index (χ3v) is 8.33. The van der Waals surface area contributed by atoms with Crippen molar-refractivity contribution in [3.05, 3.63) is 152 Å². The number of nitrogens with zero attached hydrogens (tertiary/aromatic N) is 5. The Kier molecular flexibility index (Phi) is 6.03. The Hall–Kier alpha value is -6.40. The maximum atomic E-state index is 6.40. The van der Waals surface area contributed by atoms with Crippen molar-refractivity contribution in [2.24, 2.45) is 0 Å². The third kappa shape index (κ3) is 4.35. The van der Waals surface area contributed by atoms with Crippen molar-refractivity contribution in [2.75, 3.05) is 0 Å². The predicted octanol–water partition coefficient (Wildman–Crippen LogP) is 9.78. The van der Waals surface area contributed by atoms with E-state index in [1.807, 2.05) is 78.9 Å². The Morgan fingerprint density at radius 2 is 0.978 bits per heavy atom. The molecule has 0 N–H and O–H groups in total. The summed E-state index contributed by atoms with van der Waals surface area (Å²) in [6.45, 7) is 0. The number of hydrogen-bond donors (Lipinski definition) is 0. The summed E-state index contributed by atoms with van der Waals surface area (Å²) in [5.74, 6) is 2.16. The van der Waals surface area contributed by atoms with E-state index in [0.29, 0.717) is 29.1 Å². The lowest BCUT2D eigenvalue weighted by Crippen LogP contribution is -2.06. The molecule has 0 saturated carbocycles. The number of hydrogen-bond acceptors (Lipinski definition) is 5. The van der Waals surface area contributed by atoms with Crippen molar-refractivity contribution in [3.63, 3.8) is 0 Å².